The van der Waals surface area contributed by atoms with E-state index in [1.165, 1.54) is 11.1 Å². The number of fused-ring (bicyclic) bond motifs is 3. The van der Waals surface area contributed by atoms with Crippen molar-refractivity contribution in [3.63, 3.8) is 0 Å². The smallest absolute Gasteiger partial charge is 0.237 e. The Balaban J connectivity index is 1.77. The first-order valence-corrected chi connectivity index (χ1v) is 8.52. The summed E-state index contributed by atoms with van der Waals surface area (Å²) < 4.78 is 0. The third kappa shape index (κ3) is 1.61. The minimum atomic E-state index is -0.422. The highest BCUT2D eigenvalue weighted by Gasteiger charge is 2.62. The fourth-order valence-corrected chi connectivity index (χ4v) is 5.21. The van der Waals surface area contributed by atoms with Crippen LogP contribution in [0.15, 0.2) is 54.6 Å². The molecule has 2 bridgehead atoms. The molecule has 2 aromatic carbocycles. The van der Waals surface area contributed by atoms with E-state index in [1.807, 2.05) is 12.1 Å². The summed E-state index contributed by atoms with van der Waals surface area (Å²) in [5, 5.41) is 3.18. The maximum absolute atomic E-state index is 13.2. The number of hydrogen-bond acceptors (Lipinski definition) is 2. The SMILES string of the molecule is O=C1Nc2ccccc2[C@@]12C1CCN(CC1)[C@H]2c1ccccc1. The highest BCUT2D eigenvalue weighted by molar-refractivity contribution is 6.07. The van der Waals surface area contributed by atoms with Crippen LogP contribution in [0, 0.1) is 5.92 Å². The molecule has 4 aliphatic rings. The second-order valence-corrected chi connectivity index (χ2v) is 6.99. The van der Waals surface area contributed by atoms with Gasteiger partial charge in [-0.1, -0.05) is 48.5 Å². The number of amides is 1. The van der Waals surface area contributed by atoms with Crippen LogP contribution in [0.5, 0.6) is 0 Å². The topological polar surface area (TPSA) is 32.3 Å². The molecule has 1 amide bonds. The first-order chi connectivity index (χ1) is 11.3. The van der Waals surface area contributed by atoms with E-state index in [0.717, 1.165) is 31.6 Å². The zero-order valence-corrected chi connectivity index (χ0v) is 13.0. The summed E-state index contributed by atoms with van der Waals surface area (Å²) in [6, 6.07) is 19.0. The second-order valence-electron chi connectivity index (χ2n) is 6.99. The van der Waals surface area contributed by atoms with Gasteiger partial charge in [0, 0.05) is 5.69 Å². The molecule has 0 aliphatic carbocycles. The average Bonchev–Trinajstić information content (AvgIpc) is 2.90. The van der Waals surface area contributed by atoms with Crippen molar-refractivity contribution in [2.75, 3.05) is 18.4 Å². The zero-order chi connectivity index (χ0) is 15.4. The Morgan fingerprint density at radius 2 is 1.65 bits per heavy atom. The molecule has 1 spiro atoms. The van der Waals surface area contributed by atoms with E-state index >= 15 is 0 Å². The van der Waals surface area contributed by atoms with Gasteiger partial charge in [-0.15, -0.1) is 0 Å². The van der Waals surface area contributed by atoms with Crippen molar-refractivity contribution in [2.24, 2.45) is 5.92 Å². The first kappa shape index (κ1) is 13.3. The van der Waals surface area contributed by atoms with Crippen molar-refractivity contribution in [2.45, 2.75) is 24.3 Å². The molecule has 3 nitrogen and oxygen atoms in total. The van der Waals surface area contributed by atoms with E-state index in [0.29, 0.717) is 5.92 Å². The minimum Gasteiger partial charge on any atom is -0.325 e. The molecule has 3 fully saturated rings. The second kappa shape index (κ2) is 4.68. The molecular weight excluding hydrogens is 284 g/mol. The maximum Gasteiger partial charge on any atom is 0.237 e. The lowest BCUT2D eigenvalue weighted by Crippen LogP contribution is -2.61. The van der Waals surface area contributed by atoms with Gasteiger partial charge < -0.3 is 5.32 Å². The third-order valence-corrected chi connectivity index (χ3v) is 6.08. The fraction of sp³-hybridized carbons (Fsp3) is 0.350. The van der Waals surface area contributed by atoms with Gasteiger partial charge in [-0.05, 0) is 49.0 Å². The number of hydrogen-bond donors (Lipinski definition) is 1. The molecule has 3 saturated heterocycles. The molecule has 1 N–H and O–H groups in total. The van der Waals surface area contributed by atoms with Gasteiger partial charge in [0.15, 0.2) is 0 Å². The molecule has 4 heterocycles. The van der Waals surface area contributed by atoms with Gasteiger partial charge in [0.05, 0.1) is 11.5 Å². The first-order valence-electron chi connectivity index (χ1n) is 8.52. The van der Waals surface area contributed by atoms with Crippen LogP contribution in [-0.4, -0.2) is 23.9 Å². The summed E-state index contributed by atoms with van der Waals surface area (Å²) in [5.74, 6) is 0.628. The molecular formula is C20H20N2O. The number of carbonyl (C=O) groups is 1. The molecule has 0 aromatic heterocycles. The Morgan fingerprint density at radius 1 is 0.957 bits per heavy atom. The van der Waals surface area contributed by atoms with Crippen molar-refractivity contribution in [1.82, 2.24) is 4.90 Å². The van der Waals surface area contributed by atoms with Crippen molar-refractivity contribution < 1.29 is 4.79 Å². The molecule has 116 valence electrons. The van der Waals surface area contributed by atoms with E-state index in [2.05, 4.69) is 52.7 Å². The van der Waals surface area contributed by atoms with Gasteiger partial charge in [-0.25, -0.2) is 0 Å². The van der Waals surface area contributed by atoms with E-state index in [1.54, 1.807) is 0 Å². The number of carbonyl (C=O) groups excluding carboxylic acids is 1. The normalized spacial score (nSPS) is 34.4. The fourth-order valence-electron chi connectivity index (χ4n) is 5.21. The average molecular weight is 304 g/mol. The van der Waals surface area contributed by atoms with Gasteiger partial charge in [0.25, 0.3) is 0 Å². The van der Waals surface area contributed by atoms with Gasteiger partial charge >= 0.3 is 0 Å². The quantitative estimate of drug-likeness (QED) is 0.876. The highest BCUT2D eigenvalue weighted by Crippen LogP contribution is 2.59. The predicted molar refractivity (Wildman–Crippen MR) is 90.2 cm³/mol. The van der Waals surface area contributed by atoms with Crippen molar-refractivity contribution in [3.8, 4) is 0 Å². The molecule has 0 radical (unpaired) electrons. The number of benzene rings is 2. The number of para-hydroxylation sites is 1. The van der Waals surface area contributed by atoms with Gasteiger partial charge in [-0.2, -0.15) is 0 Å². The number of anilines is 1. The lowest BCUT2D eigenvalue weighted by Gasteiger charge is -2.56. The van der Waals surface area contributed by atoms with Crippen LogP contribution < -0.4 is 5.32 Å². The summed E-state index contributed by atoms with van der Waals surface area (Å²) >= 11 is 0. The van der Waals surface area contributed by atoms with Crippen molar-refractivity contribution >= 4 is 11.6 Å². The number of nitrogens with zero attached hydrogens (tertiary/aromatic N) is 1. The number of nitrogens with one attached hydrogen (secondary N) is 1. The Kier molecular flexibility index (Phi) is 2.71. The monoisotopic (exact) mass is 304 g/mol. The summed E-state index contributed by atoms with van der Waals surface area (Å²) in [4.78, 5) is 15.8. The van der Waals surface area contributed by atoms with Crippen molar-refractivity contribution in [1.29, 1.82) is 0 Å². The largest absolute Gasteiger partial charge is 0.325 e. The third-order valence-electron chi connectivity index (χ3n) is 6.08. The molecule has 3 heteroatoms. The van der Waals surface area contributed by atoms with E-state index < -0.39 is 5.41 Å². The molecule has 6 rings (SSSR count). The van der Waals surface area contributed by atoms with Crippen LogP contribution >= 0.6 is 0 Å². The Bertz CT molecular complexity index is 764. The summed E-state index contributed by atoms with van der Waals surface area (Å²) in [6.07, 6.45) is 2.23. The molecule has 0 unspecified atom stereocenters. The van der Waals surface area contributed by atoms with Gasteiger partial charge in [0.1, 0.15) is 0 Å². The van der Waals surface area contributed by atoms with Crippen LogP contribution in [0.25, 0.3) is 0 Å². The molecule has 23 heavy (non-hydrogen) atoms. The lowest BCUT2D eigenvalue weighted by molar-refractivity contribution is -0.134. The van der Waals surface area contributed by atoms with Crippen LogP contribution in [0.3, 0.4) is 0 Å². The molecule has 4 aliphatic heterocycles. The predicted octanol–water partition coefficient (Wildman–Crippen LogP) is 3.34. The van der Waals surface area contributed by atoms with Crippen LogP contribution in [0.2, 0.25) is 0 Å². The minimum absolute atomic E-state index is 0.153. The Morgan fingerprint density at radius 3 is 2.43 bits per heavy atom. The molecule has 0 saturated carbocycles. The Hall–Kier alpha value is -2.13. The maximum atomic E-state index is 13.2. The highest BCUT2D eigenvalue weighted by atomic mass is 16.2. The van der Waals surface area contributed by atoms with Crippen molar-refractivity contribution in [3.05, 3.63) is 65.7 Å². The zero-order valence-electron chi connectivity index (χ0n) is 13.0. The lowest BCUT2D eigenvalue weighted by atomic mass is 9.57. The molecule has 2 aromatic rings. The standard InChI is InChI=1S/C20H20N2O/c23-19-20(16-8-4-5-9-17(16)21-19)15-10-12-22(13-11-15)18(20)14-6-2-1-3-7-14/h1-9,15,18H,10-13H2,(H,21,23)/t18-,20+/m0/s1. The number of piperidine rings is 3. The van der Waals surface area contributed by atoms with E-state index in [-0.39, 0.29) is 11.9 Å². The van der Waals surface area contributed by atoms with E-state index in [4.69, 9.17) is 0 Å². The molecule has 2 atom stereocenters. The van der Waals surface area contributed by atoms with Gasteiger partial charge in [0.2, 0.25) is 5.91 Å². The summed E-state index contributed by atoms with van der Waals surface area (Å²) in [6.45, 7) is 2.20. The number of rotatable bonds is 1. The van der Waals surface area contributed by atoms with Crippen LogP contribution in [-0.2, 0) is 10.2 Å². The van der Waals surface area contributed by atoms with Crippen LogP contribution in [0.4, 0.5) is 5.69 Å². The Labute approximate surface area is 136 Å². The summed E-state index contributed by atoms with van der Waals surface area (Å²) in [7, 11) is 0. The van der Waals surface area contributed by atoms with E-state index in [9.17, 15) is 4.79 Å². The summed E-state index contributed by atoms with van der Waals surface area (Å²) in [5.41, 5.74) is 3.05. The van der Waals surface area contributed by atoms with Gasteiger partial charge in [-0.3, -0.25) is 9.69 Å². The van der Waals surface area contributed by atoms with Crippen LogP contribution in [0.1, 0.15) is 30.0 Å².